The molecule has 0 spiro atoms. The molecule has 0 unspecified atom stereocenters. The highest BCUT2D eigenvalue weighted by Crippen LogP contribution is 2.36. The van der Waals surface area contributed by atoms with Crippen molar-refractivity contribution in [2.75, 3.05) is 11.4 Å². The predicted molar refractivity (Wildman–Crippen MR) is 63.5 cm³/mol. The van der Waals surface area contributed by atoms with Gasteiger partial charge in [0, 0.05) is 6.04 Å². The Morgan fingerprint density at radius 3 is 2.42 bits per heavy atom. The van der Waals surface area contributed by atoms with Gasteiger partial charge in [-0.2, -0.15) is 13.2 Å². The van der Waals surface area contributed by atoms with Gasteiger partial charge in [0.2, 0.25) is 0 Å². The van der Waals surface area contributed by atoms with Crippen LogP contribution in [0.1, 0.15) is 31.4 Å². The second kappa shape index (κ2) is 5.00. The van der Waals surface area contributed by atoms with Crippen LogP contribution in [0.5, 0.6) is 0 Å². The summed E-state index contributed by atoms with van der Waals surface area (Å²) < 4.78 is 51.4. The van der Waals surface area contributed by atoms with Crippen LogP contribution in [0, 0.1) is 5.82 Å². The van der Waals surface area contributed by atoms with Gasteiger partial charge in [0.05, 0.1) is 11.8 Å². The lowest BCUT2D eigenvalue weighted by Crippen LogP contribution is -2.36. The first kappa shape index (κ1) is 14.1. The highest BCUT2D eigenvalue weighted by molar-refractivity contribution is 5.51. The second-order valence-electron chi connectivity index (χ2n) is 4.86. The zero-order valence-corrected chi connectivity index (χ0v) is 10.4. The summed E-state index contributed by atoms with van der Waals surface area (Å²) in [6, 6.07) is 3.61. The molecule has 19 heavy (non-hydrogen) atoms. The average molecular weight is 277 g/mol. The summed E-state index contributed by atoms with van der Waals surface area (Å²) >= 11 is 0. The lowest BCUT2D eigenvalue weighted by Gasteiger charge is -2.26. The standard InChI is InChI=1S/C13H15F4NO/c1-8(19)9-2-5-12(11(14)6-9)18(10-3-4-10)7-13(15,16)17/h2,5-6,8,10,19H,3-4,7H2,1H3/t8-/m0/s1. The highest BCUT2D eigenvalue weighted by Gasteiger charge is 2.39. The number of hydrogen-bond acceptors (Lipinski definition) is 2. The van der Waals surface area contributed by atoms with Crippen molar-refractivity contribution in [2.45, 2.75) is 38.1 Å². The third-order valence-electron chi connectivity index (χ3n) is 3.10. The van der Waals surface area contributed by atoms with Crippen molar-refractivity contribution >= 4 is 5.69 Å². The molecule has 1 aromatic rings. The molecule has 0 heterocycles. The molecule has 0 aliphatic heterocycles. The van der Waals surface area contributed by atoms with Crippen molar-refractivity contribution in [2.24, 2.45) is 0 Å². The van der Waals surface area contributed by atoms with Crippen LogP contribution in [0.25, 0.3) is 0 Å². The van der Waals surface area contributed by atoms with Crippen molar-refractivity contribution in [1.82, 2.24) is 0 Å². The van der Waals surface area contributed by atoms with Gasteiger partial charge in [-0.25, -0.2) is 4.39 Å². The number of alkyl halides is 3. The van der Waals surface area contributed by atoms with Crippen molar-refractivity contribution in [3.05, 3.63) is 29.6 Å². The zero-order valence-electron chi connectivity index (χ0n) is 10.4. The number of aliphatic hydroxyl groups excluding tert-OH is 1. The van der Waals surface area contributed by atoms with E-state index in [0.717, 1.165) is 11.0 Å². The zero-order chi connectivity index (χ0) is 14.2. The van der Waals surface area contributed by atoms with E-state index in [1.807, 2.05) is 0 Å². The summed E-state index contributed by atoms with van der Waals surface area (Å²) in [5.74, 6) is -0.727. The van der Waals surface area contributed by atoms with E-state index in [4.69, 9.17) is 0 Å². The molecule has 106 valence electrons. The van der Waals surface area contributed by atoms with Crippen LogP contribution < -0.4 is 4.90 Å². The molecule has 1 saturated carbocycles. The van der Waals surface area contributed by atoms with Gasteiger partial charge in [-0.05, 0) is 37.5 Å². The molecule has 6 heteroatoms. The Labute approximate surface area is 108 Å². The van der Waals surface area contributed by atoms with E-state index in [0.29, 0.717) is 18.4 Å². The maximum Gasteiger partial charge on any atom is 0.405 e. The van der Waals surface area contributed by atoms with E-state index in [-0.39, 0.29) is 11.7 Å². The molecule has 2 rings (SSSR count). The van der Waals surface area contributed by atoms with Crippen molar-refractivity contribution in [3.8, 4) is 0 Å². The first-order valence-corrected chi connectivity index (χ1v) is 6.09. The summed E-state index contributed by atoms with van der Waals surface area (Å²) in [5, 5.41) is 9.33. The molecule has 0 radical (unpaired) electrons. The van der Waals surface area contributed by atoms with Gasteiger partial charge >= 0.3 is 6.18 Å². The Morgan fingerprint density at radius 1 is 1.37 bits per heavy atom. The quantitative estimate of drug-likeness (QED) is 0.852. The molecule has 1 aliphatic rings. The van der Waals surface area contributed by atoms with E-state index in [2.05, 4.69) is 0 Å². The van der Waals surface area contributed by atoms with Gasteiger partial charge in [0.25, 0.3) is 0 Å². The monoisotopic (exact) mass is 277 g/mol. The van der Waals surface area contributed by atoms with Crippen LogP contribution in [0.2, 0.25) is 0 Å². The van der Waals surface area contributed by atoms with Gasteiger partial charge in [-0.3, -0.25) is 0 Å². The summed E-state index contributed by atoms with van der Waals surface area (Å²) in [6.45, 7) is 0.325. The van der Waals surface area contributed by atoms with Crippen LogP contribution in [0.3, 0.4) is 0 Å². The maximum atomic E-state index is 13.9. The van der Waals surface area contributed by atoms with Gasteiger partial charge in [-0.15, -0.1) is 0 Å². The highest BCUT2D eigenvalue weighted by atomic mass is 19.4. The van der Waals surface area contributed by atoms with Crippen LogP contribution in [0.4, 0.5) is 23.2 Å². The molecule has 0 bridgehead atoms. The van der Waals surface area contributed by atoms with Crippen LogP contribution in [0.15, 0.2) is 18.2 Å². The normalized spacial score (nSPS) is 17.4. The number of halogens is 4. The van der Waals surface area contributed by atoms with Crippen LogP contribution in [-0.4, -0.2) is 23.9 Å². The maximum absolute atomic E-state index is 13.9. The summed E-state index contributed by atoms with van der Waals surface area (Å²) in [6.07, 6.45) is -3.92. The summed E-state index contributed by atoms with van der Waals surface area (Å²) in [5.41, 5.74) is 0.299. The number of rotatable bonds is 4. The fourth-order valence-corrected chi connectivity index (χ4v) is 2.01. The minimum absolute atomic E-state index is 0.0516. The number of nitrogens with zero attached hydrogens (tertiary/aromatic N) is 1. The summed E-state index contributed by atoms with van der Waals surface area (Å²) in [4.78, 5) is 1.06. The van der Waals surface area contributed by atoms with Crippen molar-refractivity contribution < 1.29 is 22.7 Å². The Morgan fingerprint density at radius 2 is 2.00 bits per heavy atom. The largest absolute Gasteiger partial charge is 0.405 e. The molecular formula is C13H15F4NO. The third-order valence-corrected chi connectivity index (χ3v) is 3.10. The molecule has 1 N–H and O–H groups in total. The van der Waals surface area contributed by atoms with Gasteiger partial charge in [-0.1, -0.05) is 6.07 Å². The molecule has 0 amide bonds. The molecular weight excluding hydrogens is 262 g/mol. The SMILES string of the molecule is C[C@H](O)c1ccc(N(CC(F)(F)F)C2CC2)c(F)c1. The molecule has 1 atom stereocenters. The Balaban J connectivity index is 2.27. The fourth-order valence-electron chi connectivity index (χ4n) is 2.01. The molecule has 0 aromatic heterocycles. The van der Waals surface area contributed by atoms with Crippen LogP contribution in [-0.2, 0) is 0 Å². The Bertz CT molecular complexity index is 454. The third kappa shape index (κ3) is 3.59. The number of aliphatic hydroxyl groups is 1. The van der Waals surface area contributed by atoms with E-state index >= 15 is 0 Å². The lowest BCUT2D eigenvalue weighted by molar-refractivity contribution is -0.120. The van der Waals surface area contributed by atoms with Gasteiger partial charge in [0.1, 0.15) is 12.4 Å². The number of anilines is 1. The summed E-state index contributed by atoms with van der Waals surface area (Å²) in [7, 11) is 0. The van der Waals surface area contributed by atoms with Gasteiger partial charge < -0.3 is 10.0 Å². The minimum atomic E-state index is -4.36. The van der Waals surface area contributed by atoms with Crippen LogP contribution >= 0.6 is 0 Å². The predicted octanol–water partition coefficient (Wildman–Crippen LogP) is 3.41. The second-order valence-corrected chi connectivity index (χ2v) is 4.86. The van der Waals surface area contributed by atoms with Crippen molar-refractivity contribution in [1.29, 1.82) is 0 Å². The molecule has 0 saturated heterocycles. The van der Waals surface area contributed by atoms with E-state index < -0.39 is 24.6 Å². The van der Waals surface area contributed by atoms with Crippen molar-refractivity contribution in [3.63, 3.8) is 0 Å². The molecule has 1 aliphatic carbocycles. The first-order valence-electron chi connectivity index (χ1n) is 6.09. The molecule has 2 nitrogen and oxygen atoms in total. The smallest absolute Gasteiger partial charge is 0.389 e. The fraction of sp³-hybridized carbons (Fsp3) is 0.538. The van der Waals surface area contributed by atoms with Gasteiger partial charge in [0.15, 0.2) is 0 Å². The molecule has 1 aromatic carbocycles. The molecule has 1 fully saturated rings. The minimum Gasteiger partial charge on any atom is -0.389 e. The average Bonchev–Trinajstić information content (AvgIpc) is 3.08. The lowest BCUT2D eigenvalue weighted by atomic mass is 10.1. The van der Waals surface area contributed by atoms with E-state index in [9.17, 15) is 22.7 Å². The topological polar surface area (TPSA) is 23.5 Å². The van der Waals surface area contributed by atoms with E-state index in [1.165, 1.54) is 19.1 Å². The number of benzene rings is 1. The Kier molecular flexibility index (Phi) is 3.71. The van der Waals surface area contributed by atoms with E-state index in [1.54, 1.807) is 0 Å². The number of hydrogen-bond donors (Lipinski definition) is 1. The Hall–Kier alpha value is -1.30. The first-order chi connectivity index (χ1) is 8.78.